The van der Waals surface area contributed by atoms with Crippen molar-refractivity contribution < 1.29 is 0 Å². The molecule has 0 spiro atoms. The Balaban J connectivity index is 2.31. The van der Waals surface area contributed by atoms with E-state index in [-0.39, 0.29) is 5.41 Å². The van der Waals surface area contributed by atoms with Crippen molar-refractivity contribution in [3.05, 3.63) is 64.7 Å². The van der Waals surface area contributed by atoms with Crippen LogP contribution in [0, 0.1) is 10.8 Å². The first-order valence-electron chi connectivity index (χ1n) is 8.27. The molecule has 0 amide bonds. The Labute approximate surface area is 139 Å². The van der Waals surface area contributed by atoms with E-state index in [9.17, 15) is 0 Å². The summed E-state index contributed by atoms with van der Waals surface area (Å²) in [4.78, 5) is 0. The number of nitrogens with one attached hydrogen (secondary N) is 1. The quantitative estimate of drug-likeness (QED) is 0.623. The molecule has 2 aromatic rings. The molecule has 0 saturated carbocycles. The highest BCUT2D eigenvalue weighted by atomic mass is 14.5. The third-order valence-corrected chi connectivity index (χ3v) is 4.65. The molecule has 0 bridgehead atoms. The van der Waals surface area contributed by atoms with Crippen molar-refractivity contribution in [1.82, 2.24) is 0 Å². The van der Waals surface area contributed by atoms with Gasteiger partial charge in [0.25, 0.3) is 0 Å². The Morgan fingerprint density at radius 2 is 1.70 bits per heavy atom. The molecule has 0 heterocycles. The van der Waals surface area contributed by atoms with E-state index in [2.05, 4.69) is 77.1 Å². The third kappa shape index (κ3) is 2.76. The zero-order valence-corrected chi connectivity index (χ0v) is 14.7. The van der Waals surface area contributed by atoms with Gasteiger partial charge in [0.05, 0.1) is 0 Å². The van der Waals surface area contributed by atoms with E-state index in [0.717, 1.165) is 12.0 Å². The number of rotatable bonds is 2. The van der Waals surface area contributed by atoms with Crippen LogP contribution in [-0.4, -0.2) is 5.71 Å². The molecule has 1 N–H and O–H groups in total. The molecule has 1 aliphatic carbocycles. The fourth-order valence-corrected chi connectivity index (χ4v) is 3.40. The van der Waals surface area contributed by atoms with Crippen LogP contribution < -0.4 is 0 Å². The van der Waals surface area contributed by atoms with Crippen molar-refractivity contribution in [1.29, 1.82) is 5.41 Å². The molecule has 0 aromatic heterocycles. The fourth-order valence-electron chi connectivity index (χ4n) is 3.40. The first-order valence-corrected chi connectivity index (χ1v) is 8.27. The summed E-state index contributed by atoms with van der Waals surface area (Å²) in [6.45, 7) is 10.7. The Morgan fingerprint density at radius 3 is 2.30 bits per heavy atom. The first-order chi connectivity index (χ1) is 10.8. The van der Waals surface area contributed by atoms with Crippen molar-refractivity contribution >= 4 is 22.1 Å². The zero-order valence-electron chi connectivity index (χ0n) is 14.7. The van der Waals surface area contributed by atoms with E-state index in [1.54, 1.807) is 0 Å². The van der Waals surface area contributed by atoms with Gasteiger partial charge >= 0.3 is 0 Å². The van der Waals surface area contributed by atoms with Crippen molar-refractivity contribution in [2.75, 3.05) is 0 Å². The van der Waals surface area contributed by atoms with E-state index >= 15 is 0 Å². The summed E-state index contributed by atoms with van der Waals surface area (Å²) >= 11 is 0. The molecule has 0 fully saturated rings. The van der Waals surface area contributed by atoms with Gasteiger partial charge in [0.15, 0.2) is 0 Å². The minimum absolute atomic E-state index is 0.172. The van der Waals surface area contributed by atoms with E-state index in [0.29, 0.717) is 5.71 Å². The highest BCUT2D eigenvalue weighted by Crippen LogP contribution is 2.39. The third-order valence-electron chi connectivity index (χ3n) is 4.65. The lowest BCUT2D eigenvalue weighted by molar-refractivity contribution is 0.589. The van der Waals surface area contributed by atoms with E-state index in [1.807, 2.05) is 0 Å². The van der Waals surface area contributed by atoms with Gasteiger partial charge in [-0.3, -0.25) is 0 Å². The van der Waals surface area contributed by atoms with Crippen LogP contribution in [0.15, 0.2) is 53.6 Å². The van der Waals surface area contributed by atoms with Gasteiger partial charge in [0, 0.05) is 16.7 Å². The second kappa shape index (κ2) is 5.49. The van der Waals surface area contributed by atoms with Gasteiger partial charge in [-0.25, -0.2) is 0 Å². The van der Waals surface area contributed by atoms with Gasteiger partial charge in [0.1, 0.15) is 0 Å². The smallest absolute Gasteiger partial charge is 0.0451 e. The molecule has 0 radical (unpaired) electrons. The molecule has 1 aliphatic rings. The SMILES string of the molecule is CC1=CC(C)=C(c2ccc3ccccc3c2C(=N)C(C)(C)C)C1. The largest absolute Gasteiger partial charge is 0.304 e. The average molecular weight is 303 g/mol. The molecule has 23 heavy (non-hydrogen) atoms. The summed E-state index contributed by atoms with van der Waals surface area (Å²) in [7, 11) is 0. The molecular weight excluding hydrogens is 278 g/mol. The molecule has 0 unspecified atom stereocenters. The van der Waals surface area contributed by atoms with Crippen molar-refractivity contribution in [2.24, 2.45) is 5.41 Å². The minimum Gasteiger partial charge on any atom is -0.304 e. The molecule has 118 valence electrons. The molecule has 0 atom stereocenters. The van der Waals surface area contributed by atoms with Gasteiger partial charge < -0.3 is 5.41 Å². The monoisotopic (exact) mass is 303 g/mol. The summed E-state index contributed by atoms with van der Waals surface area (Å²) in [5.41, 5.74) is 6.99. The molecule has 1 heteroatoms. The lowest BCUT2D eigenvalue weighted by atomic mass is 9.80. The summed E-state index contributed by atoms with van der Waals surface area (Å²) in [5, 5.41) is 11.2. The van der Waals surface area contributed by atoms with E-state index in [4.69, 9.17) is 5.41 Å². The van der Waals surface area contributed by atoms with Gasteiger partial charge in [-0.1, -0.05) is 68.8 Å². The van der Waals surface area contributed by atoms with Crippen LogP contribution >= 0.6 is 0 Å². The first kappa shape index (κ1) is 15.7. The highest BCUT2D eigenvalue weighted by Gasteiger charge is 2.25. The topological polar surface area (TPSA) is 23.9 Å². The molecule has 3 rings (SSSR count). The summed E-state index contributed by atoms with van der Waals surface area (Å²) in [5.74, 6) is 0. The summed E-state index contributed by atoms with van der Waals surface area (Å²) in [6, 6.07) is 12.8. The number of benzene rings is 2. The van der Waals surface area contributed by atoms with Crippen LogP contribution in [-0.2, 0) is 0 Å². The number of hydrogen-bond donors (Lipinski definition) is 1. The maximum atomic E-state index is 8.84. The van der Waals surface area contributed by atoms with Crippen LogP contribution in [0.3, 0.4) is 0 Å². The van der Waals surface area contributed by atoms with Crippen molar-refractivity contribution in [3.63, 3.8) is 0 Å². The highest BCUT2D eigenvalue weighted by molar-refractivity contribution is 6.15. The average Bonchev–Trinajstić information content (AvgIpc) is 2.83. The number of fused-ring (bicyclic) bond motifs is 1. The Morgan fingerprint density at radius 1 is 1.00 bits per heavy atom. The summed E-state index contributed by atoms with van der Waals surface area (Å²) < 4.78 is 0. The van der Waals surface area contributed by atoms with Crippen LogP contribution in [0.2, 0.25) is 0 Å². The van der Waals surface area contributed by atoms with Crippen LogP contribution in [0.4, 0.5) is 0 Å². The van der Waals surface area contributed by atoms with Gasteiger partial charge in [0.2, 0.25) is 0 Å². The normalized spacial score (nSPS) is 15.3. The second-order valence-electron chi connectivity index (χ2n) is 7.66. The predicted molar refractivity (Wildman–Crippen MR) is 101 cm³/mol. The van der Waals surface area contributed by atoms with Crippen LogP contribution in [0.5, 0.6) is 0 Å². The molecule has 0 aliphatic heterocycles. The Kier molecular flexibility index (Phi) is 3.75. The lowest BCUT2D eigenvalue weighted by Crippen LogP contribution is -2.22. The predicted octanol–water partition coefficient (Wildman–Crippen LogP) is 6.38. The lowest BCUT2D eigenvalue weighted by Gasteiger charge is -2.24. The van der Waals surface area contributed by atoms with Crippen molar-refractivity contribution in [3.8, 4) is 0 Å². The molecule has 2 aromatic carbocycles. The van der Waals surface area contributed by atoms with E-state index < -0.39 is 0 Å². The van der Waals surface area contributed by atoms with E-state index in [1.165, 1.54) is 33.1 Å². The second-order valence-corrected chi connectivity index (χ2v) is 7.66. The van der Waals surface area contributed by atoms with Crippen LogP contribution in [0.1, 0.15) is 52.2 Å². The van der Waals surface area contributed by atoms with Gasteiger partial charge in [-0.2, -0.15) is 0 Å². The van der Waals surface area contributed by atoms with Crippen LogP contribution in [0.25, 0.3) is 16.3 Å². The molecule has 1 nitrogen and oxygen atoms in total. The maximum Gasteiger partial charge on any atom is 0.0451 e. The van der Waals surface area contributed by atoms with Gasteiger partial charge in [-0.05, 0) is 47.8 Å². The summed E-state index contributed by atoms with van der Waals surface area (Å²) in [6.07, 6.45) is 3.27. The molecular formula is C22H25N. The fraction of sp³-hybridized carbons (Fsp3) is 0.318. The maximum absolute atomic E-state index is 8.84. The number of hydrogen-bond acceptors (Lipinski definition) is 1. The standard InChI is InChI=1S/C22H25N/c1-14-12-15(2)19(13-14)18-11-10-16-8-6-7-9-17(16)20(18)21(23)22(3,4)5/h6-12,23H,13H2,1-5H3. The van der Waals surface area contributed by atoms with Crippen molar-refractivity contribution in [2.45, 2.75) is 41.0 Å². The molecule has 0 saturated heterocycles. The zero-order chi connectivity index (χ0) is 16.8. The Hall–Kier alpha value is -2.15. The minimum atomic E-state index is -0.172. The van der Waals surface area contributed by atoms with Gasteiger partial charge in [-0.15, -0.1) is 0 Å². The Bertz CT molecular complexity index is 857. The number of allylic oxidation sites excluding steroid dienone is 4.